The number of rotatable bonds is 4. The van der Waals surface area contributed by atoms with Gasteiger partial charge in [-0.15, -0.1) is 0 Å². The van der Waals surface area contributed by atoms with Crippen LogP contribution in [-0.2, 0) is 11.3 Å². The summed E-state index contributed by atoms with van der Waals surface area (Å²) in [5.41, 5.74) is 1.04. The molecule has 0 unspecified atom stereocenters. The Hall–Kier alpha value is -1.07. The zero-order valence-electron chi connectivity index (χ0n) is 10.2. The van der Waals surface area contributed by atoms with E-state index in [-0.39, 0.29) is 11.7 Å². The summed E-state index contributed by atoms with van der Waals surface area (Å²) in [7, 11) is 0. The van der Waals surface area contributed by atoms with E-state index in [9.17, 15) is 9.90 Å². The molecule has 0 bridgehead atoms. The van der Waals surface area contributed by atoms with Crippen molar-refractivity contribution in [2.45, 2.75) is 19.4 Å². The number of halogens is 1. The van der Waals surface area contributed by atoms with Gasteiger partial charge in [0.2, 0.25) is 5.91 Å². The molecule has 2 rings (SSSR count). The molecular weight excluding hydrogens is 296 g/mol. The normalized spacial score (nSPS) is 15.1. The number of benzene rings is 1. The quantitative estimate of drug-likeness (QED) is 0.892. The molecular formula is C13H17BrN2O2. The number of likely N-dealkylation sites (tertiary alicyclic amines) is 1. The molecule has 0 atom stereocenters. The van der Waals surface area contributed by atoms with Crippen LogP contribution in [0.1, 0.15) is 18.4 Å². The fourth-order valence-corrected chi connectivity index (χ4v) is 2.48. The van der Waals surface area contributed by atoms with E-state index in [0.29, 0.717) is 17.6 Å². The maximum atomic E-state index is 11.8. The number of carbonyl (C=O) groups excluding carboxylic acids is 1. The third-order valence-corrected chi connectivity index (χ3v) is 3.71. The van der Waals surface area contributed by atoms with Gasteiger partial charge >= 0.3 is 0 Å². The van der Waals surface area contributed by atoms with Crippen LogP contribution < -0.4 is 5.32 Å². The summed E-state index contributed by atoms with van der Waals surface area (Å²) >= 11 is 3.27. The van der Waals surface area contributed by atoms with Crippen molar-refractivity contribution in [1.82, 2.24) is 10.2 Å². The highest BCUT2D eigenvalue weighted by atomic mass is 79.9. The number of hydrogen-bond acceptors (Lipinski definition) is 3. The molecule has 1 heterocycles. The molecule has 98 valence electrons. The van der Waals surface area contributed by atoms with Crippen molar-refractivity contribution < 1.29 is 9.90 Å². The molecule has 2 N–H and O–H groups in total. The van der Waals surface area contributed by atoms with E-state index in [4.69, 9.17) is 0 Å². The van der Waals surface area contributed by atoms with Crippen molar-refractivity contribution in [3.63, 3.8) is 0 Å². The fraction of sp³-hybridized carbons (Fsp3) is 0.462. The van der Waals surface area contributed by atoms with Crippen molar-refractivity contribution in [2.24, 2.45) is 0 Å². The summed E-state index contributed by atoms with van der Waals surface area (Å²) < 4.78 is 0.674. The number of hydrogen-bond donors (Lipinski definition) is 2. The van der Waals surface area contributed by atoms with Gasteiger partial charge in [0.05, 0.1) is 11.0 Å². The topological polar surface area (TPSA) is 52.6 Å². The minimum atomic E-state index is 0.172. The van der Waals surface area contributed by atoms with E-state index < -0.39 is 0 Å². The van der Waals surface area contributed by atoms with Gasteiger partial charge in [0.25, 0.3) is 0 Å². The predicted octanol–water partition coefficient (Wildman–Crippen LogP) is 1.87. The van der Waals surface area contributed by atoms with Gasteiger partial charge in [-0.05, 0) is 46.5 Å². The van der Waals surface area contributed by atoms with Crippen molar-refractivity contribution in [1.29, 1.82) is 0 Å². The number of nitrogens with zero attached hydrogens (tertiary/aromatic N) is 1. The van der Waals surface area contributed by atoms with Gasteiger partial charge < -0.3 is 15.3 Å². The smallest absolute Gasteiger partial charge is 0.236 e. The summed E-state index contributed by atoms with van der Waals surface area (Å²) in [4.78, 5) is 13.7. The third kappa shape index (κ3) is 3.46. The van der Waals surface area contributed by atoms with Crippen LogP contribution in [0.5, 0.6) is 5.75 Å². The Balaban J connectivity index is 1.77. The van der Waals surface area contributed by atoms with E-state index in [1.165, 1.54) is 0 Å². The lowest BCUT2D eigenvalue weighted by Crippen LogP contribution is -2.35. The number of phenolic OH excluding ortho intramolecular Hbond substituents is 1. The predicted molar refractivity (Wildman–Crippen MR) is 73.3 cm³/mol. The molecule has 1 saturated heterocycles. The lowest BCUT2D eigenvalue weighted by Gasteiger charge is -2.15. The Morgan fingerprint density at radius 2 is 2.11 bits per heavy atom. The van der Waals surface area contributed by atoms with Gasteiger partial charge in [-0.3, -0.25) is 4.79 Å². The molecule has 1 fully saturated rings. The molecule has 1 aromatic carbocycles. The summed E-state index contributed by atoms with van der Waals surface area (Å²) in [6, 6.07) is 5.33. The maximum Gasteiger partial charge on any atom is 0.236 e. The van der Waals surface area contributed by atoms with E-state index in [1.54, 1.807) is 6.07 Å². The van der Waals surface area contributed by atoms with Crippen molar-refractivity contribution in [2.75, 3.05) is 19.6 Å². The Morgan fingerprint density at radius 3 is 2.78 bits per heavy atom. The average Bonchev–Trinajstić information content (AvgIpc) is 2.87. The summed E-state index contributed by atoms with van der Waals surface area (Å²) in [6.07, 6.45) is 2.24. The van der Waals surface area contributed by atoms with E-state index in [0.717, 1.165) is 31.5 Å². The van der Waals surface area contributed by atoms with Crippen molar-refractivity contribution >= 4 is 21.8 Å². The van der Waals surface area contributed by atoms with E-state index in [1.807, 2.05) is 17.0 Å². The fourth-order valence-electron chi connectivity index (χ4n) is 2.05. The van der Waals surface area contributed by atoms with Crippen LogP contribution in [0.2, 0.25) is 0 Å². The monoisotopic (exact) mass is 312 g/mol. The number of amides is 1. The minimum Gasteiger partial charge on any atom is -0.507 e. The van der Waals surface area contributed by atoms with Gasteiger partial charge in [-0.25, -0.2) is 0 Å². The van der Waals surface area contributed by atoms with Crippen molar-refractivity contribution in [3.8, 4) is 5.75 Å². The second-order valence-electron chi connectivity index (χ2n) is 4.48. The SMILES string of the molecule is O=C(CNCc1ccc(O)c(Br)c1)N1CCCC1. The van der Waals surface area contributed by atoms with Crippen LogP contribution in [0.25, 0.3) is 0 Å². The number of carbonyl (C=O) groups is 1. The second-order valence-corrected chi connectivity index (χ2v) is 5.33. The van der Waals surface area contributed by atoms with Crippen LogP contribution in [-0.4, -0.2) is 35.5 Å². The minimum absolute atomic E-state index is 0.172. The highest BCUT2D eigenvalue weighted by Crippen LogP contribution is 2.24. The Morgan fingerprint density at radius 1 is 1.39 bits per heavy atom. The first-order valence-electron chi connectivity index (χ1n) is 6.13. The molecule has 1 aromatic rings. The van der Waals surface area contributed by atoms with Gasteiger partial charge in [0, 0.05) is 19.6 Å². The molecule has 4 nitrogen and oxygen atoms in total. The molecule has 1 amide bonds. The third-order valence-electron chi connectivity index (χ3n) is 3.08. The zero-order chi connectivity index (χ0) is 13.0. The Kier molecular flexibility index (Phi) is 4.60. The molecule has 0 aromatic heterocycles. The van der Waals surface area contributed by atoms with E-state index >= 15 is 0 Å². The Labute approximate surface area is 115 Å². The zero-order valence-corrected chi connectivity index (χ0v) is 11.7. The number of phenols is 1. The molecule has 5 heteroatoms. The standard InChI is InChI=1S/C13H17BrN2O2/c14-11-7-10(3-4-12(11)17)8-15-9-13(18)16-5-1-2-6-16/h3-4,7,15,17H,1-2,5-6,8-9H2. The van der Waals surface area contributed by atoms with Crippen molar-refractivity contribution in [3.05, 3.63) is 28.2 Å². The molecule has 0 spiro atoms. The summed E-state index contributed by atoms with van der Waals surface area (Å²) in [5.74, 6) is 0.400. The number of aromatic hydroxyl groups is 1. The summed E-state index contributed by atoms with van der Waals surface area (Å²) in [5, 5.41) is 12.5. The van der Waals surface area contributed by atoms with Crippen LogP contribution in [0, 0.1) is 0 Å². The lowest BCUT2D eigenvalue weighted by atomic mass is 10.2. The molecule has 0 saturated carbocycles. The van der Waals surface area contributed by atoms with Gasteiger partial charge in [-0.1, -0.05) is 6.07 Å². The van der Waals surface area contributed by atoms with Crippen LogP contribution in [0.4, 0.5) is 0 Å². The van der Waals surface area contributed by atoms with E-state index in [2.05, 4.69) is 21.2 Å². The second kappa shape index (κ2) is 6.20. The largest absolute Gasteiger partial charge is 0.507 e. The average molecular weight is 313 g/mol. The maximum absolute atomic E-state index is 11.8. The van der Waals surface area contributed by atoms with Crippen LogP contribution in [0.15, 0.2) is 22.7 Å². The summed E-state index contributed by atoms with van der Waals surface area (Å²) in [6.45, 7) is 2.79. The van der Waals surface area contributed by atoms with Gasteiger partial charge in [0.15, 0.2) is 0 Å². The van der Waals surface area contributed by atoms with Crippen LogP contribution in [0.3, 0.4) is 0 Å². The molecule has 0 radical (unpaired) electrons. The van der Waals surface area contributed by atoms with Gasteiger partial charge in [0.1, 0.15) is 5.75 Å². The molecule has 1 aliphatic heterocycles. The highest BCUT2D eigenvalue weighted by Gasteiger charge is 2.16. The first-order chi connectivity index (χ1) is 8.66. The van der Waals surface area contributed by atoms with Crippen LogP contribution >= 0.6 is 15.9 Å². The molecule has 18 heavy (non-hydrogen) atoms. The first kappa shape index (κ1) is 13.4. The lowest BCUT2D eigenvalue weighted by molar-refractivity contribution is -0.129. The first-order valence-corrected chi connectivity index (χ1v) is 6.92. The van der Waals surface area contributed by atoms with Gasteiger partial charge in [-0.2, -0.15) is 0 Å². The molecule has 1 aliphatic rings. The number of nitrogens with one attached hydrogen (secondary N) is 1. The highest BCUT2D eigenvalue weighted by molar-refractivity contribution is 9.10. The molecule has 0 aliphatic carbocycles. The Bertz CT molecular complexity index is 431.